The lowest BCUT2D eigenvalue weighted by Gasteiger charge is -2.25. The van der Waals surface area contributed by atoms with Crippen LogP contribution in [0.3, 0.4) is 0 Å². The van der Waals surface area contributed by atoms with Crippen molar-refractivity contribution in [3.63, 3.8) is 0 Å². The Labute approximate surface area is 557 Å². The summed E-state index contributed by atoms with van der Waals surface area (Å²) in [7, 11) is 1.55. The summed E-state index contributed by atoms with van der Waals surface area (Å²) in [6.45, 7) is 4.71. The molecule has 0 rings (SSSR count). The van der Waals surface area contributed by atoms with E-state index in [1.165, 1.54) is 167 Å². The second kappa shape index (κ2) is 69.7. The van der Waals surface area contributed by atoms with Crippen molar-refractivity contribution in [2.24, 2.45) is 0 Å². The predicted octanol–water partition coefficient (Wildman–Crippen LogP) is 24.3. The van der Waals surface area contributed by atoms with Gasteiger partial charge >= 0.3 is 7.82 Å². The number of likely N-dealkylation sites (N-methyl/N-ethyl adjacent to an activating group) is 1. The SMILES string of the molecule is CC/C=C\C/C=C\C/C=C\C/C=C\C/C=C\C/C=C\C/C=C\C/C=C\C/C=C\C/C=C\C/C=C\CCCCCCCCCC(=O)NC(COP(=O)(O)OCC[N+](C)(C)C)C(O)/C=C/CCCCCCCCCCCCCCCCCCCCCCCCCCC. The summed E-state index contributed by atoms with van der Waals surface area (Å²) in [6, 6.07) is -0.865. The molecule has 0 aliphatic carbocycles. The Balaban J connectivity index is 4.14. The summed E-state index contributed by atoms with van der Waals surface area (Å²) in [5.41, 5.74) is 0. The zero-order valence-corrected chi connectivity index (χ0v) is 60.0. The summed E-state index contributed by atoms with van der Waals surface area (Å²) in [4.78, 5) is 23.5. The average Bonchev–Trinajstić information content (AvgIpc) is 3.09. The van der Waals surface area contributed by atoms with Crippen LogP contribution in [-0.2, 0) is 18.4 Å². The van der Waals surface area contributed by atoms with Gasteiger partial charge in [-0.2, -0.15) is 0 Å². The molecular formula is C81H142N2O6P+. The van der Waals surface area contributed by atoms with Gasteiger partial charge in [-0.15, -0.1) is 0 Å². The van der Waals surface area contributed by atoms with Crippen LogP contribution in [-0.4, -0.2) is 73.4 Å². The summed E-state index contributed by atoms with van der Waals surface area (Å²) in [6.07, 6.45) is 107. The Hall–Kier alpha value is -3.62. The van der Waals surface area contributed by atoms with Crippen LogP contribution in [0.5, 0.6) is 0 Å². The normalized spacial score (nSPS) is 14.4. The van der Waals surface area contributed by atoms with E-state index in [1.54, 1.807) is 6.08 Å². The Morgan fingerprint density at radius 3 is 0.978 bits per heavy atom. The largest absolute Gasteiger partial charge is 0.472 e. The highest BCUT2D eigenvalue weighted by Crippen LogP contribution is 2.43. The van der Waals surface area contributed by atoms with Crippen LogP contribution in [0.15, 0.2) is 146 Å². The maximum atomic E-state index is 13.1. The van der Waals surface area contributed by atoms with E-state index >= 15 is 0 Å². The molecule has 3 atom stereocenters. The molecule has 0 saturated heterocycles. The van der Waals surface area contributed by atoms with Crippen molar-refractivity contribution in [2.75, 3.05) is 40.9 Å². The van der Waals surface area contributed by atoms with Crippen molar-refractivity contribution in [1.29, 1.82) is 0 Å². The van der Waals surface area contributed by atoms with Crippen molar-refractivity contribution in [2.45, 2.75) is 321 Å². The molecule has 0 spiro atoms. The smallest absolute Gasteiger partial charge is 0.387 e. The lowest BCUT2D eigenvalue weighted by Crippen LogP contribution is -2.45. The maximum Gasteiger partial charge on any atom is 0.472 e. The van der Waals surface area contributed by atoms with E-state index in [0.717, 1.165) is 122 Å². The Bertz CT molecular complexity index is 1980. The molecule has 0 aliphatic rings. The number of phosphoric acid groups is 1. The molecule has 90 heavy (non-hydrogen) atoms. The third-order valence-electron chi connectivity index (χ3n) is 16.1. The van der Waals surface area contributed by atoms with Crippen LogP contribution < -0.4 is 5.32 Å². The van der Waals surface area contributed by atoms with Crippen LogP contribution in [0.4, 0.5) is 0 Å². The van der Waals surface area contributed by atoms with Gasteiger partial charge < -0.3 is 19.8 Å². The molecule has 0 aliphatic heterocycles. The minimum atomic E-state index is -4.37. The number of amides is 1. The zero-order valence-electron chi connectivity index (χ0n) is 59.1. The molecule has 0 radical (unpaired) electrons. The molecule has 8 nitrogen and oxygen atoms in total. The number of carbonyl (C=O) groups is 1. The highest BCUT2D eigenvalue weighted by atomic mass is 31.2. The molecule has 0 saturated carbocycles. The number of aliphatic hydroxyl groups excluding tert-OH is 1. The number of nitrogens with zero attached hydrogens (tertiary/aromatic N) is 1. The first-order chi connectivity index (χ1) is 44.0. The van der Waals surface area contributed by atoms with Gasteiger partial charge in [0.1, 0.15) is 13.2 Å². The number of allylic oxidation sites excluding steroid dienone is 23. The fourth-order valence-corrected chi connectivity index (χ4v) is 11.1. The van der Waals surface area contributed by atoms with E-state index in [2.05, 4.69) is 153 Å². The Morgan fingerprint density at radius 1 is 0.389 bits per heavy atom. The molecule has 0 heterocycles. The third-order valence-corrected chi connectivity index (χ3v) is 17.0. The molecule has 0 aromatic rings. The summed E-state index contributed by atoms with van der Waals surface area (Å²) in [5.74, 6) is -0.190. The van der Waals surface area contributed by atoms with Crippen LogP contribution in [0.25, 0.3) is 0 Å². The highest BCUT2D eigenvalue weighted by molar-refractivity contribution is 7.47. The quantitative estimate of drug-likeness (QED) is 0.0243. The molecule has 0 fully saturated rings. The van der Waals surface area contributed by atoms with Gasteiger partial charge in [0.15, 0.2) is 0 Å². The molecule has 516 valence electrons. The number of hydrogen-bond acceptors (Lipinski definition) is 5. The third kappa shape index (κ3) is 71.8. The second-order valence-corrected chi connectivity index (χ2v) is 27.4. The number of carbonyl (C=O) groups excluding carboxylic acids is 1. The Morgan fingerprint density at radius 2 is 0.667 bits per heavy atom. The van der Waals surface area contributed by atoms with Crippen molar-refractivity contribution >= 4 is 13.7 Å². The zero-order chi connectivity index (χ0) is 65.5. The fraction of sp³-hybridized carbons (Fsp3) is 0.691. The van der Waals surface area contributed by atoms with Gasteiger partial charge in [-0.1, -0.05) is 346 Å². The van der Waals surface area contributed by atoms with E-state index in [4.69, 9.17) is 9.05 Å². The van der Waals surface area contributed by atoms with Gasteiger partial charge in [0.05, 0.1) is 39.9 Å². The van der Waals surface area contributed by atoms with E-state index in [9.17, 15) is 19.4 Å². The molecule has 3 N–H and O–H groups in total. The number of nitrogens with one attached hydrogen (secondary N) is 1. The lowest BCUT2D eigenvalue weighted by atomic mass is 10.0. The molecule has 3 unspecified atom stereocenters. The lowest BCUT2D eigenvalue weighted by molar-refractivity contribution is -0.870. The number of hydrogen-bond donors (Lipinski definition) is 3. The van der Waals surface area contributed by atoms with Gasteiger partial charge in [-0.25, -0.2) is 4.57 Å². The molecule has 9 heteroatoms. The summed E-state index contributed by atoms with van der Waals surface area (Å²) in [5, 5.41) is 14.0. The minimum absolute atomic E-state index is 0.0527. The monoisotopic (exact) mass is 1270 g/mol. The van der Waals surface area contributed by atoms with Gasteiger partial charge in [0.2, 0.25) is 5.91 Å². The topological polar surface area (TPSA) is 105 Å². The van der Waals surface area contributed by atoms with Crippen LogP contribution >= 0.6 is 7.82 Å². The number of phosphoric ester groups is 1. The van der Waals surface area contributed by atoms with Crippen molar-refractivity contribution < 1.29 is 32.9 Å². The minimum Gasteiger partial charge on any atom is -0.387 e. The molecule has 0 bridgehead atoms. The molecular weight excluding hydrogens is 1130 g/mol. The van der Waals surface area contributed by atoms with Crippen molar-refractivity contribution in [3.8, 4) is 0 Å². The van der Waals surface area contributed by atoms with Crippen LogP contribution in [0.1, 0.15) is 309 Å². The van der Waals surface area contributed by atoms with E-state index in [1.807, 2.05) is 27.2 Å². The predicted molar refractivity (Wildman–Crippen MR) is 396 cm³/mol. The average molecular weight is 1270 g/mol. The van der Waals surface area contributed by atoms with E-state index in [-0.39, 0.29) is 19.1 Å². The van der Waals surface area contributed by atoms with Crippen molar-refractivity contribution in [1.82, 2.24) is 5.32 Å². The van der Waals surface area contributed by atoms with Crippen molar-refractivity contribution in [3.05, 3.63) is 146 Å². The van der Waals surface area contributed by atoms with E-state index in [0.29, 0.717) is 17.4 Å². The Kier molecular flexibility index (Phi) is 66.9. The maximum absolute atomic E-state index is 13.1. The summed E-state index contributed by atoms with van der Waals surface area (Å²) < 4.78 is 23.8. The highest BCUT2D eigenvalue weighted by Gasteiger charge is 2.28. The number of rotatable bonds is 67. The van der Waals surface area contributed by atoms with Gasteiger partial charge in [0.25, 0.3) is 0 Å². The molecule has 1 amide bonds. The van der Waals surface area contributed by atoms with Crippen LogP contribution in [0, 0.1) is 0 Å². The van der Waals surface area contributed by atoms with Gasteiger partial charge in [0, 0.05) is 6.42 Å². The number of aliphatic hydroxyl groups is 1. The van der Waals surface area contributed by atoms with Gasteiger partial charge in [-0.3, -0.25) is 13.8 Å². The molecule has 0 aromatic carbocycles. The number of quaternary nitrogens is 1. The second-order valence-electron chi connectivity index (χ2n) is 25.9. The fourth-order valence-electron chi connectivity index (χ4n) is 10.3. The standard InChI is InChI=1S/C81H141N2O6P/c1-6-8-10-12-14-16-18-20-22-24-26-28-30-32-34-35-36-37-38-39-40-41-42-43-44-45-46-47-49-51-53-55-57-59-61-63-65-67-69-71-73-75-81(85)82-79(78-89-90(86,87)88-77-76-83(3,4)5)80(84)74-72-70-68-66-64-62-60-58-56-54-52-50-48-33-31-29-27-25-23-21-19-17-15-13-11-9-7-2/h8,10,14,16,20,22,26,28,32,34,36-37,39-40,42-43,45-46,49,51,55,57,72,74,79-80,84H,6-7,9,11-13,15,17-19,21,23-25,27,29-31,33,35,38,41,44,47-48,50,52-54,56,58-71,73,75-78H2,1-5H3,(H-,82,85,86,87)/p+1/b10-8-,16-14-,22-20-,28-26-,34-32-,37-36-,40-39-,43-42-,46-45-,51-49-,57-55-,74-72+. The number of unbranched alkanes of at least 4 members (excludes halogenated alkanes) is 32. The van der Waals surface area contributed by atoms with Gasteiger partial charge in [-0.05, 0) is 103 Å². The molecule has 0 aromatic heterocycles. The van der Waals surface area contributed by atoms with Crippen LogP contribution in [0.2, 0.25) is 0 Å². The summed E-state index contributed by atoms with van der Waals surface area (Å²) >= 11 is 0. The first-order valence-corrected chi connectivity index (χ1v) is 38.7. The van der Waals surface area contributed by atoms with E-state index < -0.39 is 20.0 Å². The first kappa shape index (κ1) is 86.4. The first-order valence-electron chi connectivity index (χ1n) is 37.2.